The number of hydrogen-bond donors (Lipinski definition) is 1. The van der Waals surface area contributed by atoms with Gasteiger partial charge in [0.15, 0.2) is 5.65 Å². The second-order valence-electron chi connectivity index (χ2n) is 7.54. The monoisotopic (exact) mass is 398 g/mol. The molecule has 152 valence electrons. The molecule has 2 aromatic carbocycles. The van der Waals surface area contributed by atoms with Gasteiger partial charge in [-0.2, -0.15) is 5.10 Å². The molecule has 0 aliphatic carbocycles. The van der Waals surface area contributed by atoms with Gasteiger partial charge in [-0.05, 0) is 32.3 Å². The Morgan fingerprint density at radius 2 is 1.70 bits per heavy atom. The van der Waals surface area contributed by atoms with Gasteiger partial charge in [-0.25, -0.2) is 9.50 Å². The molecule has 5 nitrogen and oxygen atoms in total. The quantitative estimate of drug-likeness (QED) is 0.472. The van der Waals surface area contributed by atoms with Crippen molar-refractivity contribution in [1.29, 1.82) is 0 Å². The molecule has 4 aromatic rings. The molecule has 1 N–H and O–H groups in total. The first kappa shape index (κ1) is 19.8. The second-order valence-corrected chi connectivity index (χ2v) is 7.54. The van der Waals surface area contributed by atoms with E-state index >= 15 is 0 Å². The lowest BCUT2D eigenvalue weighted by molar-refractivity contribution is -0.120. The van der Waals surface area contributed by atoms with E-state index in [-0.39, 0.29) is 5.91 Å². The van der Waals surface area contributed by atoms with Gasteiger partial charge in [0.2, 0.25) is 5.91 Å². The van der Waals surface area contributed by atoms with Crippen molar-refractivity contribution in [3.63, 3.8) is 0 Å². The molecule has 2 heterocycles. The van der Waals surface area contributed by atoms with E-state index in [1.54, 1.807) is 0 Å². The summed E-state index contributed by atoms with van der Waals surface area (Å²) < 4.78 is 1.84. The van der Waals surface area contributed by atoms with Crippen LogP contribution >= 0.6 is 0 Å². The summed E-state index contributed by atoms with van der Waals surface area (Å²) in [5.74, 6) is 0.0193. The summed E-state index contributed by atoms with van der Waals surface area (Å²) in [5.41, 5.74) is 6.80. The first-order valence-corrected chi connectivity index (χ1v) is 10.3. The topological polar surface area (TPSA) is 59.3 Å². The highest BCUT2D eigenvalue weighted by Crippen LogP contribution is 2.22. The Morgan fingerprint density at radius 3 is 2.43 bits per heavy atom. The number of fused-ring (bicyclic) bond motifs is 1. The number of aromatic nitrogens is 3. The molecule has 5 heteroatoms. The Kier molecular flexibility index (Phi) is 5.89. The van der Waals surface area contributed by atoms with E-state index in [0.717, 1.165) is 46.7 Å². The standard InChI is InChI=1S/C25H26N4O/c1-18-22(16-25(30)26-15-9-12-20-10-5-3-6-11-20)19(2)29-24(27-18)17-23(28-29)21-13-7-4-8-14-21/h3-8,10-11,13-14,17H,9,12,15-16H2,1-2H3,(H,26,30). The summed E-state index contributed by atoms with van der Waals surface area (Å²) in [6, 6.07) is 22.4. The average molecular weight is 399 g/mol. The highest BCUT2D eigenvalue weighted by molar-refractivity contribution is 5.79. The van der Waals surface area contributed by atoms with Crippen molar-refractivity contribution < 1.29 is 4.79 Å². The minimum Gasteiger partial charge on any atom is -0.356 e. The lowest BCUT2D eigenvalue weighted by Gasteiger charge is -2.11. The smallest absolute Gasteiger partial charge is 0.224 e. The van der Waals surface area contributed by atoms with E-state index in [1.807, 2.05) is 73.0 Å². The summed E-state index contributed by atoms with van der Waals surface area (Å²) in [7, 11) is 0. The Balaban J connectivity index is 1.43. The van der Waals surface area contributed by atoms with Gasteiger partial charge in [-0.3, -0.25) is 4.79 Å². The number of nitrogens with one attached hydrogen (secondary N) is 1. The van der Waals surface area contributed by atoms with Gasteiger partial charge in [0.1, 0.15) is 0 Å². The number of aryl methyl sites for hydroxylation is 3. The van der Waals surface area contributed by atoms with E-state index in [2.05, 4.69) is 17.4 Å². The number of benzene rings is 2. The second kappa shape index (κ2) is 8.91. The van der Waals surface area contributed by atoms with Crippen LogP contribution in [-0.4, -0.2) is 27.0 Å². The van der Waals surface area contributed by atoms with Crippen LogP contribution in [0.5, 0.6) is 0 Å². The number of carbonyl (C=O) groups is 1. The third-order valence-electron chi connectivity index (χ3n) is 5.38. The minimum absolute atomic E-state index is 0.0193. The normalized spacial score (nSPS) is 11.0. The number of rotatable bonds is 7. The van der Waals surface area contributed by atoms with Gasteiger partial charge < -0.3 is 5.32 Å². The lowest BCUT2D eigenvalue weighted by atomic mass is 10.1. The molecule has 0 saturated carbocycles. The molecule has 0 unspecified atom stereocenters. The summed E-state index contributed by atoms with van der Waals surface area (Å²) >= 11 is 0. The van der Waals surface area contributed by atoms with E-state index < -0.39 is 0 Å². The maximum absolute atomic E-state index is 12.5. The molecule has 0 aliphatic rings. The summed E-state index contributed by atoms with van der Waals surface area (Å²) in [5, 5.41) is 7.76. The predicted octanol–water partition coefficient (Wildman–Crippen LogP) is 4.30. The summed E-state index contributed by atoms with van der Waals surface area (Å²) in [4.78, 5) is 17.2. The number of carbonyl (C=O) groups excluding carboxylic acids is 1. The number of nitrogens with zero attached hydrogens (tertiary/aromatic N) is 3. The first-order chi connectivity index (χ1) is 14.6. The van der Waals surface area contributed by atoms with Crippen molar-refractivity contribution in [2.24, 2.45) is 0 Å². The van der Waals surface area contributed by atoms with Crippen molar-refractivity contribution in [2.75, 3.05) is 6.54 Å². The molecule has 0 aliphatic heterocycles. The molecule has 2 aromatic heterocycles. The van der Waals surface area contributed by atoms with Crippen molar-refractivity contribution >= 4 is 11.6 Å². The van der Waals surface area contributed by atoms with Crippen LogP contribution < -0.4 is 5.32 Å². The van der Waals surface area contributed by atoms with Crippen LogP contribution in [0.1, 0.15) is 28.9 Å². The molecule has 0 atom stereocenters. The largest absolute Gasteiger partial charge is 0.356 e. The minimum atomic E-state index is 0.0193. The van der Waals surface area contributed by atoms with Crippen LogP contribution in [0.2, 0.25) is 0 Å². The lowest BCUT2D eigenvalue weighted by Crippen LogP contribution is -2.27. The average Bonchev–Trinajstić information content (AvgIpc) is 3.20. The fourth-order valence-electron chi connectivity index (χ4n) is 3.72. The van der Waals surface area contributed by atoms with Gasteiger partial charge in [-0.15, -0.1) is 0 Å². The van der Waals surface area contributed by atoms with Crippen LogP contribution in [0.15, 0.2) is 66.7 Å². The van der Waals surface area contributed by atoms with Crippen LogP contribution in [0.25, 0.3) is 16.9 Å². The van der Waals surface area contributed by atoms with Crippen molar-refractivity contribution in [1.82, 2.24) is 19.9 Å². The Bertz CT molecular complexity index is 1150. The molecule has 0 spiro atoms. The maximum Gasteiger partial charge on any atom is 0.224 e. The van der Waals surface area contributed by atoms with Gasteiger partial charge in [-0.1, -0.05) is 60.7 Å². The molecule has 0 fully saturated rings. The van der Waals surface area contributed by atoms with E-state index in [1.165, 1.54) is 5.56 Å². The maximum atomic E-state index is 12.5. The Labute approximate surface area is 176 Å². The van der Waals surface area contributed by atoms with Crippen LogP contribution in [0.3, 0.4) is 0 Å². The van der Waals surface area contributed by atoms with E-state index in [0.29, 0.717) is 13.0 Å². The zero-order valence-corrected chi connectivity index (χ0v) is 17.4. The van der Waals surface area contributed by atoms with Crippen LogP contribution in [-0.2, 0) is 17.6 Å². The third kappa shape index (κ3) is 4.40. The third-order valence-corrected chi connectivity index (χ3v) is 5.38. The van der Waals surface area contributed by atoms with Crippen LogP contribution in [0.4, 0.5) is 0 Å². The molecular formula is C25H26N4O. The van der Waals surface area contributed by atoms with Crippen molar-refractivity contribution in [2.45, 2.75) is 33.1 Å². The first-order valence-electron chi connectivity index (χ1n) is 10.3. The summed E-state index contributed by atoms with van der Waals surface area (Å²) in [6.45, 7) is 4.63. The highest BCUT2D eigenvalue weighted by Gasteiger charge is 2.15. The molecule has 0 radical (unpaired) electrons. The molecule has 4 rings (SSSR count). The van der Waals surface area contributed by atoms with Gasteiger partial charge >= 0.3 is 0 Å². The highest BCUT2D eigenvalue weighted by atomic mass is 16.1. The molecule has 30 heavy (non-hydrogen) atoms. The van der Waals surface area contributed by atoms with E-state index in [9.17, 15) is 4.79 Å². The predicted molar refractivity (Wildman–Crippen MR) is 119 cm³/mol. The number of hydrogen-bond acceptors (Lipinski definition) is 3. The van der Waals surface area contributed by atoms with Gasteiger partial charge in [0, 0.05) is 35.1 Å². The Hall–Kier alpha value is -3.47. The van der Waals surface area contributed by atoms with E-state index in [4.69, 9.17) is 10.1 Å². The molecule has 0 bridgehead atoms. The zero-order valence-electron chi connectivity index (χ0n) is 17.4. The molecule has 1 amide bonds. The van der Waals surface area contributed by atoms with Gasteiger partial charge in [0.05, 0.1) is 12.1 Å². The van der Waals surface area contributed by atoms with Crippen molar-refractivity contribution in [3.8, 4) is 11.3 Å². The van der Waals surface area contributed by atoms with Crippen LogP contribution in [0, 0.1) is 13.8 Å². The summed E-state index contributed by atoms with van der Waals surface area (Å²) in [6.07, 6.45) is 2.19. The fourth-order valence-corrected chi connectivity index (χ4v) is 3.72. The zero-order chi connectivity index (χ0) is 20.9. The molecular weight excluding hydrogens is 372 g/mol. The Morgan fingerprint density at radius 1 is 1.00 bits per heavy atom. The number of amides is 1. The SMILES string of the molecule is Cc1nc2cc(-c3ccccc3)nn2c(C)c1CC(=O)NCCCc1ccccc1. The van der Waals surface area contributed by atoms with Crippen molar-refractivity contribution in [3.05, 3.63) is 89.2 Å². The van der Waals surface area contributed by atoms with Gasteiger partial charge in [0.25, 0.3) is 0 Å². The molecule has 0 saturated heterocycles. The fraction of sp³-hybridized carbons (Fsp3) is 0.240.